The summed E-state index contributed by atoms with van der Waals surface area (Å²) in [6, 6.07) is 18.6. The van der Waals surface area contributed by atoms with E-state index >= 15 is 0 Å². The van der Waals surface area contributed by atoms with Crippen molar-refractivity contribution in [3.05, 3.63) is 103 Å². The lowest BCUT2D eigenvalue weighted by Crippen LogP contribution is -2.41. The fourth-order valence-electron chi connectivity index (χ4n) is 5.90. The van der Waals surface area contributed by atoms with Crippen LogP contribution in [0.25, 0.3) is 16.6 Å². The molecular formula is C30H29ClN4O4. The van der Waals surface area contributed by atoms with E-state index in [1.807, 2.05) is 12.1 Å². The minimum Gasteiger partial charge on any atom is -0.478 e. The largest absolute Gasteiger partial charge is 0.478 e. The number of carboxylic acid groups (broad SMARTS) is 1. The van der Waals surface area contributed by atoms with Crippen LogP contribution in [0.2, 0.25) is 5.02 Å². The van der Waals surface area contributed by atoms with E-state index in [0.717, 1.165) is 61.1 Å². The first-order valence-corrected chi connectivity index (χ1v) is 13.7. The molecule has 39 heavy (non-hydrogen) atoms. The topological polar surface area (TPSA) is 96.6 Å². The summed E-state index contributed by atoms with van der Waals surface area (Å²) < 4.78 is 2.68. The molecule has 3 heterocycles. The van der Waals surface area contributed by atoms with Crippen molar-refractivity contribution < 1.29 is 9.90 Å². The van der Waals surface area contributed by atoms with Gasteiger partial charge in [0.2, 0.25) is 0 Å². The number of nitrogens with one attached hydrogen (secondary N) is 1. The second-order valence-electron chi connectivity index (χ2n) is 10.3. The van der Waals surface area contributed by atoms with Crippen LogP contribution in [0.1, 0.15) is 40.7 Å². The maximum Gasteiger partial charge on any atom is 0.336 e. The highest BCUT2D eigenvalue weighted by molar-refractivity contribution is 6.31. The molecule has 2 N–H and O–H groups in total. The van der Waals surface area contributed by atoms with Crippen molar-refractivity contribution in [3.8, 4) is 5.69 Å². The number of halogens is 1. The predicted molar refractivity (Wildman–Crippen MR) is 152 cm³/mol. The molecule has 1 aromatic heterocycles. The molecule has 0 unspecified atom stereocenters. The molecule has 6 rings (SSSR count). The van der Waals surface area contributed by atoms with Crippen LogP contribution in [0, 0.1) is 0 Å². The lowest BCUT2D eigenvalue weighted by Gasteiger charge is -2.34. The highest BCUT2D eigenvalue weighted by Crippen LogP contribution is 2.31. The first-order chi connectivity index (χ1) is 18.9. The maximum absolute atomic E-state index is 13.6. The van der Waals surface area contributed by atoms with Gasteiger partial charge in [0.1, 0.15) is 0 Å². The van der Waals surface area contributed by atoms with E-state index in [-0.39, 0.29) is 16.3 Å². The van der Waals surface area contributed by atoms with Crippen molar-refractivity contribution in [2.45, 2.75) is 44.8 Å². The number of hydrogen-bond acceptors (Lipinski definition) is 5. The van der Waals surface area contributed by atoms with Gasteiger partial charge in [-0.15, -0.1) is 0 Å². The molecule has 0 atom stereocenters. The molecule has 1 saturated heterocycles. The average molecular weight is 545 g/mol. The third-order valence-electron chi connectivity index (χ3n) is 7.80. The highest BCUT2D eigenvalue weighted by Gasteiger charge is 2.25. The SMILES string of the molecule is O=C(O)c1cc(Cl)cc(-n2c(=O)c3ccc(NC4CCN(Cc5ccccc5)CC4)c4c3n(c2=O)CCC4)c1. The number of rotatable bonds is 6. The van der Waals surface area contributed by atoms with E-state index in [1.54, 1.807) is 10.6 Å². The number of anilines is 1. The Hall–Kier alpha value is -3.88. The van der Waals surface area contributed by atoms with Gasteiger partial charge in [0.25, 0.3) is 5.56 Å². The molecule has 0 radical (unpaired) electrons. The molecular weight excluding hydrogens is 516 g/mol. The zero-order valence-electron chi connectivity index (χ0n) is 21.4. The molecule has 200 valence electrons. The van der Waals surface area contributed by atoms with Crippen LogP contribution in [-0.2, 0) is 19.5 Å². The molecule has 0 aliphatic carbocycles. The van der Waals surface area contributed by atoms with Gasteiger partial charge in [0.05, 0.1) is 22.2 Å². The van der Waals surface area contributed by atoms with Gasteiger partial charge in [-0.2, -0.15) is 0 Å². The van der Waals surface area contributed by atoms with Gasteiger partial charge in [-0.1, -0.05) is 41.9 Å². The summed E-state index contributed by atoms with van der Waals surface area (Å²) in [4.78, 5) is 41.3. The van der Waals surface area contributed by atoms with Gasteiger partial charge < -0.3 is 10.4 Å². The highest BCUT2D eigenvalue weighted by atomic mass is 35.5. The van der Waals surface area contributed by atoms with Crippen molar-refractivity contribution in [2.75, 3.05) is 18.4 Å². The maximum atomic E-state index is 13.6. The second kappa shape index (κ2) is 10.4. The van der Waals surface area contributed by atoms with Crippen LogP contribution in [0.4, 0.5) is 5.69 Å². The smallest absolute Gasteiger partial charge is 0.336 e. The lowest BCUT2D eigenvalue weighted by atomic mass is 9.97. The van der Waals surface area contributed by atoms with E-state index in [1.165, 1.54) is 23.8 Å². The minimum atomic E-state index is -1.18. The lowest BCUT2D eigenvalue weighted by molar-refractivity contribution is 0.0697. The normalized spacial score (nSPS) is 15.9. The van der Waals surface area contributed by atoms with Crippen molar-refractivity contribution in [3.63, 3.8) is 0 Å². The predicted octanol–water partition coefficient (Wildman–Crippen LogP) is 4.53. The van der Waals surface area contributed by atoms with Crippen molar-refractivity contribution in [2.24, 2.45) is 0 Å². The van der Waals surface area contributed by atoms with Crippen LogP contribution < -0.4 is 16.6 Å². The summed E-state index contributed by atoms with van der Waals surface area (Å²) in [6.45, 7) is 3.44. The monoisotopic (exact) mass is 544 g/mol. The number of aryl methyl sites for hydroxylation is 2. The summed E-state index contributed by atoms with van der Waals surface area (Å²) in [6.07, 6.45) is 3.57. The number of aromatic nitrogens is 2. The molecule has 0 spiro atoms. The average Bonchev–Trinajstić information content (AvgIpc) is 2.93. The summed E-state index contributed by atoms with van der Waals surface area (Å²) in [7, 11) is 0. The molecule has 4 aromatic rings. The molecule has 1 fully saturated rings. The molecule has 9 heteroatoms. The molecule has 2 aliphatic heterocycles. The zero-order valence-corrected chi connectivity index (χ0v) is 22.2. The third kappa shape index (κ3) is 4.86. The summed E-state index contributed by atoms with van der Waals surface area (Å²) >= 11 is 6.14. The van der Waals surface area contributed by atoms with Gasteiger partial charge in [-0.3, -0.25) is 14.3 Å². The standard InChI is InChI=1S/C30H29ClN4O4/c31-21-15-20(29(37)38)16-23(17-21)35-28(36)25-8-9-26(24-7-4-12-34(27(24)25)30(35)39)32-22-10-13-33(14-11-22)18-19-5-2-1-3-6-19/h1-3,5-6,8-9,15-17,22,32H,4,7,10-14,18H2,(H,37,38). The molecule has 3 aromatic carbocycles. The number of carbonyl (C=O) groups is 1. The number of benzene rings is 3. The fraction of sp³-hybridized carbons (Fsp3) is 0.300. The Bertz CT molecular complexity index is 1690. The Labute approximate surface area is 230 Å². The van der Waals surface area contributed by atoms with E-state index < -0.39 is 17.2 Å². The summed E-state index contributed by atoms with van der Waals surface area (Å²) in [5.74, 6) is -1.18. The number of carboxylic acids is 1. The van der Waals surface area contributed by atoms with E-state index in [2.05, 4.69) is 34.5 Å². The molecule has 8 nitrogen and oxygen atoms in total. The number of likely N-dealkylation sites (tertiary alicyclic amines) is 1. The quantitative estimate of drug-likeness (QED) is 0.370. The van der Waals surface area contributed by atoms with Crippen molar-refractivity contribution >= 4 is 34.2 Å². The van der Waals surface area contributed by atoms with Gasteiger partial charge in [0.15, 0.2) is 0 Å². The number of nitrogens with zero attached hydrogens (tertiary/aromatic N) is 3. The van der Waals surface area contributed by atoms with Gasteiger partial charge in [-0.05, 0) is 67.1 Å². The molecule has 0 amide bonds. The molecule has 0 saturated carbocycles. The number of aromatic carboxylic acids is 1. The third-order valence-corrected chi connectivity index (χ3v) is 8.02. The van der Waals surface area contributed by atoms with Crippen LogP contribution in [-0.4, -0.2) is 44.2 Å². The van der Waals surface area contributed by atoms with E-state index in [9.17, 15) is 19.5 Å². The van der Waals surface area contributed by atoms with Crippen molar-refractivity contribution in [1.82, 2.24) is 14.0 Å². The Kier molecular flexibility index (Phi) is 6.74. The molecule has 2 aliphatic rings. The van der Waals surface area contributed by atoms with Crippen LogP contribution in [0.5, 0.6) is 0 Å². The Morgan fingerprint density at radius 3 is 2.51 bits per heavy atom. The van der Waals surface area contributed by atoms with Gasteiger partial charge in [0, 0.05) is 42.9 Å². The summed E-state index contributed by atoms with van der Waals surface area (Å²) in [5.41, 5.74) is 3.05. The van der Waals surface area contributed by atoms with Gasteiger partial charge in [-0.25, -0.2) is 14.2 Å². The van der Waals surface area contributed by atoms with Crippen LogP contribution in [0.3, 0.4) is 0 Å². The number of piperidine rings is 1. The Morgan fingerprint density at radius 2 is 1.77 bits per heavy atom. The van der Waals surface area contributed by atoms with E-state index in [0.29, 0.717) is 23.5 Å². The Morgan fingerprint density at radius 1 is 1.00 bits per heavy atom. The van der Waals surface area contributed by atoms with Gasteiger partial charge >= 0.3 is 11.7 Å². The minimum absolute atomic E-state index is 0.0856. The Balaban J connectivity index is 1.31. The second-order valence-corrected chi connectivity index (χ2v) is 10.8. The van der Waals surface area contributed by atoms with Crippen LogP contribution in [0.15, 0.2) is 70.3 Å². The summed E-state index contributed by atoms with van der Waals surface area (Å²) in [5, 5.41) is 13.7. The fourth-order valence-corrected chi connectivity index (χ4v) is 6.13. The number of hydrogen-bond donors (Lipinski definition) is 2. The van der Waals surface area contributed by atoms with Crippen molar-refractivity contribution in [1.29, 1.82) is 0 Å². The zero-order chi connectivity index (χ0) is 27.1. The first-order valence-electron chi connectivity index (χ1n) is 13.3. The first kappa shape index (κ1) is 25.4. The molecule has 0 bridgehead atoms. The van der Waals surface area contributed by atoms with Crippen LogP contribution >= 0.6 is 11.6 Å². The van der Waals surface area contributed by atoms with E-state index in [4.69, 9.17) is 11.6 Å².